The molecule has 0 bridgehead atoms. The third-order valence-electron chi connectivity index (χ3n) is 2.26. The number of hydrogen-bond donors (Lipinski definition) is 1. The van der Waals surface area contributed by atoms with Crippen molar-refractivity contribution in [1.82, 2.24) is 0 Å². The lowest BCUT2D eigenvalue weighted by atomic mass is 10.2. The molecule has 1 aromatic carbocycles. The number of carbonyl (C=O) groups excluding carboxylic acids is 2. The monoisotopic (exact) mass is 251 g/mol. The van der Waals surface area contributed by atoms with Gasteiger partial charge in [0.2, 0.25) is 5.91 Å². The van der Waals surface area contributed by atoms with E-state index in [1.165, 1.54) is 14.0 Å². The third-order valence-corrected chi connectivity index (χ3v) is 2.26. The summed E-state index contributed by atoms with van der Waals surface area (Å²) < 4.78 is 10.1. The predicted molar refractivity (Wildman–Crippen MR) is 67.4 cm³/mol. The Balaban J connectivity index is 2.57. The van der Waals surface area contributed by atoms with Crippen LogP contribution in [0.25, 0.3) is 0 Å². The van der Waals surface area contributed by atoms with Gasteiger partial charge in [0.25, 0.3) is 0 Å². The van der Waals surface area contributed by atoms with E-state index in [0.717, 1.165) is 0 Å². The van der Waals surface area contributed by atoms with Gasteiger partial charge in [0.05, 0.1) is 13.0 Å². The number of rotatable bonds is 5. The molecule has 0 saturated carbocycles. The van der Waals surface area contributed by atoms with Crippen LogP contribution < -0.4 is 10.1 Å². The second-order valence-electron chi connectivity index (χ2n) is 3.94. The van der Waals surface area contributed by atoms with Crippen LogP contribution >= 0.6 is 0 Å². The summed E-state index contributed by atoms with van der Waals surface area (Å²) >= 11 is 0. The van der Waals surface area contributed by atoms with Gasteiger partial charge in [-0.15, -0.1) is 0 Å². The van der Waals surface area contributed by atoms with Crippen LogP contribution in [-0.2, 0) is 14.3 Å². The zero-order chi connectivity index (χ0) is 13.5. The Morgan fingerprint density at radius 3 is 2.72 bits per heavy atom. The van der Waals surface area contributed by atoms with Crippen molar-refractivity contribution in [2.45, 2.75) is 13.8 Å². The van der Waals surface area contributed by atoms with Gasteiger partial charge < -0.3 is 14.8 Å². The minimum Gasteiger partial charge on any atom is -0.493 e. The lowest BCUT2D eigenvalue weighted by Gasteiger charge is -2.12. The first-order valence-electron chi connectivity index (χ1n) is 5.61. The highest BCUT2D eigenvalue weighted by atomic mass is 16.5. The van der Waals surface area contributed by atoms with Crippen LogP contribution in [0.2, 0.25) is 0 Å². The summed E-state index contributed by atoms with van der Waals surface area (Å²) in [6, 6.07) is 6.99. The van der Waals surface area contributed by atoms with E-state index in [1.807, 2.05) is 0 Å². The van der Waals surface area contributed by atoms with Crippen LogP contribution in [0.5, 0.6) is 5.75 Å². The van der Waals surface area contributed by atoms with Crippen molar-refractivity contribution < 1.29 is 19.1 Å². The van der Waals surface area contributed by atoms with Gasteiger partial charge in [-0.25, -0.2) is 0 Å². The smallest absolute Gasteiger partial charge is 0.311 e. The number of ether oxygens (including phenoxy) is 2. The molecular formula is C13H17NO4. The molecule has 1 amide bonds. The first kappa shape index (κ1) is 14.0. The molecular weight excluding hydrogens is 234 g/mol. The molecule has 0 fully saturated rings. The summed E-state index contributed by atoms with van der Waals surface area (Å²) in [5, 5.41) is 2.66. The van der Waals surface area contributed by atoms with Crippen molar-refractivity contribution in [3.05, 3.63) is 24.3 Å². The molecule has 5 nitrogen and oxygen atoms in total. The van der Waals surface area contributed by atoms with Gasteiger partial charge >= 0.3 is 5.97 Å². The van der Waals surface area contributed by atoms with Crippen molar-refractivity contribution in [3.63, 3.8) is 0 Å². The summed E-state index contributed by atoms with van der Waals surface area (Å²) in [7, 11) is 1.34. The van der Waals surface area contributed by atoms with Gasteiger partial charge in [0.15, 0.2) is 0 Å². The fourth-order valence-electron chi connectivity index (χ4n) is 1.36. The van der Waals surface area contributed by atoms with E-state index in [1.54, 1.807) is 31.2 Å². The summed E-state index contributed by atoms with van der Waals surface area (Å²) in [6.07, 6.45) is 0. The Hall–Kier alpha value is -2.04. The maximum atomic E-state index is 11.2. The maximum absolute atomic E-state index is 11.2. The van der Waals surface area contributed by atoms with E-state index < -0.39 is 0 Å². The average Bonchev–Trinajstić information content (AvgIpc) is 2.34. The highest BCUT2D eigenvalue weighted by molar-refractivity contribution is 5.88. The number of esters is 1. The highest BCUT2D eigenvalue weighted by Crippen LogP contribution is 2.18. The molecule has 0 aromatic heterocycles. The zero-order valence-corrected chi connectivity index (χ0v) is 10.7. The molecule has 0 radical (unpaired) electrons. The Morgan fingerprint density at radius 1 is 1.39 bits per heavy atom. The maximum Gasteiger partial charge on any atom is 0.311 e. The zero-order valence-electron chi connectivity index (χ0n) is 10.7. The van der Waals surface area contributed by atoms with E-state index in [2.05, 4.69) is 10.1 Å². The Bertz CT molecular complexity index is 431. The summed E-state index contributed by atoms with van der Waals surface area (Å²) in [5.74, 6) is -0.195. The number of anilines is 1. The lowest BCUT2D eigenvalue weighted by molar-refractivity contribution is -0.145. The van der Waals surface area contributed by atoms with Crippen LogP contribution in [-0.4, -0.2) is 25.6 Å². The second-order valence-corrected chi connectivity index (χ2v) is 3.94. The number of carbonyl (C=O) groups is 2. The quantitative estimate of drug-likeness (QED) is 0.811. The lowest BCUT2D eigenvalue weighted by Crippen LogP contribution is -2.20. The van der Waals surface area contributed by atoms with Gasteiger partial charge in [-0.05, 0) is 19.1 Å². The molecule has 1 atom stereocenters. The summed E-state index contributed by atoms with van der Waals surface area (Å²) in [6.45, 7) is 3.40. The first-order chi connectivity index (χ1) is 8.52. The molecule has 0 aliphatic carbocycles. The molecule has 0 spiro atoms. The number of nitrogens with one attached hydrogen (secondary N) is 1. The predicted octanol–water partition coefficient (Wildman–Crippen LogP) is 1.83. The van der Waals surface area contributed by atoms with Crippen molar-refractivity contribution in [1.29, 1.82) is 0 Å². The minimum atomic E-state index is -0.334. The normalized spacial score (nSPS) is 11.5. The molecule has 0 aliphatic rings. The highest BCUT2D eigenvalue weighted by Gasteiger charge is 2.13. The molecule has 0 saturated heterocycles. The standard InChI is InChI=1S/C13H17NO4/c1-9(13(16)17-3)8-18-12-6-4-5-11(7-12)14-10(2)15/h4-7,9H,8H2,1-3H3,(H,14,15). The molecule has 1 rings (SSSR count). The fourth-order valence-corrected chi connectivity index (χ4v) is 1.36. The van der Waals surface area contributed by atoms with Crippen LogP contribution in [0.15, 0.2) is 24.3 Å². The Morgan fingerprint density at radius 2 is 2.11 bits per heavy atom. The number of hydrogen-bond acceptors (Lipinski definition) is 4. The first-order valence-corrected chi connectivity index (χ1v) is 5.61. The number of benzene rings is 1. The van der Waals surface area contributed by atoms with Crippen LogP contribution in [0, 0.1) is 5.92 Å². The largest absolute Gasteiger partial charge is 0.493 e. The summed E-state index contributed by atoms with van der Waals surface area (Å²) in [5.41, 5.74) is 0.658. The van der Waals surface area contributed by atoms with Crippen molar-refractivity contribution in [2.24, 2.45) is 5.92 Å². The van der Waals surface area contributed by atoms with E-state index in [9.17, 15) is 9.59 Å². The fraction of sp³-hybridized carbons (Fsp3) is 0.385. The second kappa shape index (κ2) is 6.64. The molecule has 1 N–H and O–H groups in total. The SMILES string of the molecule is COC(=O)C(C)COc1cccc(NC(C)=O)c1. The van der Waals surface area contributed by atoms with Crippen LogP contribution in [0.4, 0.5) is 5.69 Å². The number of amides is 1. The number of methoxy groups -OCH3 is 1. The molecule has 5 heteroatoms. The van der Waals surface area contributed by atoms with Gasteiger partial charge in [-0.3, -0.25) is 9.59 Å². The molecule has 0 heterocycles. The van der Waals surface area contributed by atoms with Gasteiger partial charge in [0.1, 0.15) is 12.4 Å². The van der Waals surface area contributed by atoms with E-state index in [-0.39, 0.29) is 24.4 Å². The van der Waals surface area contributed by atoms with Crippen LogP contribution in [0.3, 0.4) is 0 Å². The average molecular weight is 251 g/mol. The molecule has 0 aliphatic heterocycles. The topological polar surface area (TPSA) is 64.6 Å². The van der Waals surface area contributed by atoms with Crippen molar-refractivity contribution in [2.75, 3.05) is 19.0 Å². The Labute approximate surface area is 106 Å². The third kappa shape index (κ3) is 4.45. The molecule has 1 unspecified atom stereocenters. The van der Waals surface area contributed by atoms with Crippen molar-refractivity contribution >= 4 is 17.6 Å². The van der Waals surface area contributed by atoms with Crippen LogP contribution in [0.1, 0.15) is 13.8 Å². The van der Waals surface area contributed by atoms with E-state index >= 15 is 0 Å². The molecule has 1 aromatic rings. The van der Waals surface area contributed by atoms with Gasteiger partial charge in [0, 0.05) is 18.7 Å². The van der Waals surface area contributed by atoms with Crippen molar-refractivity contribution in [3.8, 4) is 5.75 Å². The van der Waals surface area contributed by atoms with E-state index in [0.29, 0.717) is 11.4 Å². The summed E-state index contributed by atoms with van der Waals surface area (Å²) in [4.78, 5) is 22.1. The van der Waals surface area contributed by atoms with E-state index in [4.69, 9.17) is 4.74 Å². The Kier molecular flexibility index (Phi) is 5.17. The van der Waals surface area contributed by atoms with Gasteiger partial charge in [-0.2, -0.15) is 0 Å². The minimum absolute atomic E-state index is 0.143. The molecule has 18 heavy (non-hydrogen) atoms. The van der Waals surface area contributed by atoms with Gasteiger partial charge in [-0.1, -0.05) is 6.07 Å². The molecule has 98 valence electrons.